The van der Waals surface area contributed by atoms with Crippen LogP contribution in [0, 0.1) is 13.8 Å². The summed E-state index contributed by atoms with van der Waals surface area (Å²) in [6, 6.07) is 10.7. The predicted octanol–water partition coefficient (Wildman–Crippen LogP) is 5.87. The average molecular weight is 485 g/mol. The van der Waals surface area contributed by atoms with E-state index in [1.54, 1.807) is 49.6 Å². The summed E-state index contributed by atoms with van der Waals surface area (Å²) >= 11 is 12.6. The number of allylic oxidation sites excluding steroid dienone is 1. The van der Waals surface area contributed by atoms with Crippen molar-refractivity contribution >= 4 is 41.2 Å². The maximum absolute atomic E-state index is 13.4. The molecular weight excluding hydrogens is 463 g/mol. The van der Waals surface area contributed by atoms with E-state index in [9.17, 15) is 9.59 Å². The van der Waals surface area contributed by atoms with Crippen molar-refractivity contribution in [2.45, 2.75) is 27.3 Å². The fourth-order valence-corrected chi connectivity index (χ4v) is 4.46. The van der Waals surface area contributed by atoms with Crippen molar-refractivity contribution in [2.24, 2.45) is 0 Å². The van der Waals surface area contributed by atoms with Crippen LogP contribution in [0.4, 0.5) is 0 Å². The molecule has 8 heteroatoms. The third kappa shape index (κ3) is 4.12. The van der Waals surface area contributed by atoms with Gasteiger partial charge in [0.2, 0.25) is 0 Å². The minimum atomic E-state index is -0.569. The van der Waals surface area contributed by atoms with Crippen molar-refractivity contribution in [1.29, 1.82) is 0 Å². The third-order valence-corrected chi connectivity index (χ3v) is 6.27. The first kappa shape index (κ1) is 23.0. The summed E-state index contributed by atoms with van der Waals surface area (Å²) in [5.74, 6) is -0.252. The Balaban J connectivity index is 1.81. The molecule has 1 aromatic carbocycles. The van der Waals surface area contributed by atoms with Gasteiger partial charge in [-0.3, -0.25) is 4.79 Å². The van der Waals surface area contributed by atoms with E-state index < -0.39 is 5.97 Å². The van der Waals surface area contributed by atoms with E-state index in [-0.39, 0.29) is 23.6 Å². The first-order valence-electron chi connectivity index (χ1n) is 10.2. The number of furan rings is 1. The normalized spacial score (nSPS) is 15.2. The van der Waals surface area contributed by atoms with Gasteiger partial charge in [-0.05, 0) is 68.8 Å². The van der Waals surface area contributed by atoms with Crippen LogP contribution in [0.15, 0.2) is 63.9 Å². The molecule has 0 spiro atoms. The second-order valence-electron chi connectivity index (χ2n) is 7.74. The van der Waals surface area contributed by atoms with Crippen molar-refractivity contribution in [1.82, 2.24) is 9.47 Å². The van der Waals surface area contributed by atoms with Gasteiger partial charge in [0.15, 0.2) is 0 Å². The maximum Gasteiger partial charge on any atom is 0.340 e. The van der Waals surface area contributed by atoms with Gasteiger partial charge >= 0.3 is 5.97 Å². The number of benzene rings is 1. The van der Waals surface area contributed by atoms with Gasteiger partial charge < -0.3 is 18.6 Å². The number of methoxy groups -OCH3 is 1. The highest BCUT2D eigenvalue weighted by molar-refractivity contribution is 6.34. The number of hydrogen-bond acceptors (Lipinski definition) is 4. The summed E-state index contributed by atoms with van der Waals surface area (Å²) in [6.07, 6.45) is 3.26. The fraction of sp³-hybridized carbons (Fsp3) is 0.200. The van der Waals surface area contributed by atoms with Crippen molar-refractivity contribution in [2.75, 3.05) is 7.11 Å². The zero-order valence-corrected chi connectivity index (χ0v) is 20.1. The van der Waals surface area contributed by atoms with E-state index in [2.05, 4.69) is 0 Å². The molecule has 0 bridgehead atoms. The van der Waals surface area contributed by atoms with E-state index in [1.807, 2.05) is 24.5 Å². The highest BCUT2D eigenvalue weighted by Crippen LogP contribution is 2.35. The fourth-order valence-electron chi connectivity index (χ4n) is 4.09. The quantitative estimate of drug-likeness (QED) is 0.335. The number of amides is 1. The van der Waals surface area contributed by atoms with Crippen molar-refractivity contribution in [3.05, 3.63) is 92.3 Å². The Labute approximate surface area is 201 Å². The van der Waals surface area contributed by atoms with E-state index in [1.165, 1.54) is 12.0 Å². The van der Waals surface area contributed by atoms with E-state index in [4.69, 9.17) is 32.4 Å². The lowest BCUT2D eigenvalue weighted by Crippen LogP contribution is -2.24. The molecule has 0 radical (unpaired) electrons. The number of esters is 1. The van der Waals surface area contributed by atoms with Gasteiger partial charge in [-0.25, -0.2) is 4.79 Å². The summed E-state index contributed by atoms with van der Waals surface area (Å²) in [7, 11) is 1.30. The van der Waals surface area contributed by atoms with Crippen LogP contribution in [0.3, 0.4) is 0 Å². The Morgan fingerprint density at radius 1 is 1.15 bits per heavy atom. The van der Waals surface area contributed by atoms with Gasteiger partial charge in [-0.2, -0.15) is 0 Å². The molecule has 0 N–H and O–H groups in total. The van der Waals surface area contributed by atoms with Crippen LogP contribution < -0.4 is 0 Å². The van der Waals surface area contributed by atoms with Crippen LogP contribution in [0.5, 0.6) is 0 Å². The first-order chi connectivity index (χ1) is 15.7. The molecule has 3 aromatic rings. The molecular formula is C25H22Cl2N2O4. The van der Waals surface area contributed by atoms with Gasteiger partial charge in [0.1, 0.15) is 5.76 Å². The molecule has 1 amide bonds. The van der Waals surface area contributed by atoms with Crippen LogP contribution in [-0.2, 0) is 20.9 Å². The molecule has 0 atom stereocenters. The molecule has 0 unspecified atom stereocenters. The number of halogens is 2. The summed E-state index contributed by atoms with van der Waals surface area (Å²) in [5, 5.41) is 1.11. The summed E-state index contributed by atoms with van der Waals surface area (Å²) in [6.45, 7) is 5.80. The molecule has 0 aliphatic carbocycles. The Morgan fingerprint density at radius 2 is 1.91 bits per heavy atom. The molecule has 1 aliphatic heterocycles. The summed E-state index contributed by atoms with van der Waals surface area (Å²) < 4.78 is 12.3. The van der Waals surface area contributed by atoms with Gasteiger partial charge in [0, 0.05) is 22.1 Å². The minimum Gasteiger partial charge on any atom is -0.467 e. The summed E-state index contributed by atoms with van der Waals surface area (Å²) in [4.78, 5) is 27.5. The Hall–Kier alpha value is -3.22. The molecule has 6 nitrogen and oxygen atoms in total. The zero-order chi connectivity index (χ0) is 23.9. The smallest absolute Gasteiger partial charge is 0.340 e. The first-order valence-corrected chi connectivity index (χ1v) is 11.0. The molecule has 0 saturated heterocycles. The highest BCUT2D eigenvalue weighted by Gasteiger charge is 2.37. The average Bonchev–Trinajstić information content (AvgIpc) is 3.45. The number of aromatic nitrogens is 1. The molecule has 3 heterocycles. The van der Waals surface area contributed by atoms with E-state index >= 15 is 0 Å². The van der Waals surface area contributed by atoms with Gasteiger partial charge in [0.25, 0.3) is 5.91 Å². The Kier molecular flexibility index (Phi) is 6.23. The van der Waals surface area contributed by atoms with Crippen molar-refractivity contribution < 1.29 is 18.7 Å². The number of ether oxygens (including phenoxy) is 1. The lowest BCUT2D eigenvalue weighted by atomic mass is 10.0. The van der Waals surface area contributed by atoms with E-state index in [0.717, 1.165) is 22.6 Å². The molecule has 4 rings (SSSR count). The standard InChI is InChI=1S/C25H22Cl2N2O4/c1-14-10-17(15(2)29(14)22-12-18(26)7-8-21(22)27)11-20-23(25(31)32-4)16(3)28(24(20)30)13-19-6-5-9-33-19/h5-12H,13H2,1-4H3/b20-11+. The monoisotopic (exact) mass is 484 g/mol. The van der Waals surface area contributed by atoms with Crippen molar-refractivity contribution in [3.8, 4) is 5.69 Å². The third-order valence-electron chi connectivity index (χ3n) is 5.71. The van der Waals surface area contributed by atoms with Gasteiger partial charge in [-0.15, -0.1) is 0 Å². The highest BCUT2D eigenvalue weighted by atomic mass is 35.5. The zero-order valence-electron chi connectivity index (χ0n) is 18.6. The number of carbonyl (C=O) groups is 2. The molecule has 33 heavy (non-hydrogen) atoms. The van der Waals surface area contributed by atoms with Crippen LogP contribution in [0.2, 0.25) is 10.0 Å². The second-order valence-corrected chi connectivity index (χ2v) is 8.58. The lowest BCUT2D eigenvalue weighted by molar-refractivity contribution is -0.136. The van der Waals surface area contributed by atoms with Crippen molar-refractivity contribution in [3.63, 3.8) is 0 Å². The second kappa shape index (κ2) is 8.96. The topological polar surface area (TPSA) is 64.7 Å². The number of aryl methyl sites for hydroxylation is 1. The molecule has 0 fully saturated rings. The Bertz CT molecular complexity index is 1320. The van der Waals surface area contributed by atoms with Crippen LogP contribution >= 0.6 is 23.2 Å². The largest absolute Gasteiger partial charge is 0.467 e. The molecule has 170 valence electrons. The summed E-state index contributed by atoms with van der Waals surface area (Å²) in [5.41, 5.74) is 4.29. The predicted molar refractivity (Wildman–Crippen MR) is 127 cm³/mol. The number of hydrogen-bond donors (Lipinski definition) is 0. The number of rotatable bonds is 5. The Morgan fingerprint density at radius 3 is 2.58 bits per heavy atom. The maximum atomic E-state index is 13.4. The lowest BCUT2D eigenvalue weighted by Gasteiger charge is -2.16. The molecule has 0 saturated carbocycles. The van der Waals surface area contributed by atoms with Crippen LogP contribution in [-0.4, -0.2) is 28.5 Å². The number of nitrogens with zero attached hydrogens (tertiary/aromatic N) is 2. The van der Waals surface area contributed by atoms with Gasteiger partial charge in [-0.1, -0.05) is 23.2 Å². The van der Waals surface area contributed by atoms with Gasteiger partial charge in [0.05, 0.1) is 41.8 Å². The number of carbonyl (C=O) groups excluding carboxylic acids is 2. The molecule has 2 aromatic heterocycles. The molecule has 1 aliphatic rings. The minimum absolute atomic E-state index is 0.215. The SMILES string of the molecule is COC(=O)C1=C(C)N(Cc2ccco2)C(=O)/C1=C/c1cc(C)n(-c2cc(Cl)ccc2Cl)c1C. The van der Waals surface area contributed by atoms with Crippen LogP contribution in [0.1, 0.15) is 29.6 Å². The van der Waals surface area contributed by atoms with Crippen LogP contribution in [0.25, 0.3) is 11.8 Å². The van der Waals surface area contributed by atoms with E-state index in [0.29, 0.717) is 21.5 Å².